The van der Waals surface area contributed by atoms with Gasteiger partial charge in [0, 0.05) is 30.7 Å². The molecular formula is C14H14FN3O. The van der Waals surface area contributed by atoms with Gasteiger partial charge in [0.15, 0.2) is 0 Å². The lowest BCUT2D eigenvalue weighted by atomic mass is 10.2. The first-order chi connectivity index (χ1) is 9.11. The molecule has 4 nitrogen and oxygen atoms in total. The highest BCUT2D eigenvalue weighted by Gasteiger charge is 2.10. The molecule has 0 N–H and O–H groups in total. The van der Waals surface area contributed by atoms with Crippen LogP contribution in [-0.4, -0.2) is 29.0 Å². The van der Waals surface area contributed by atoms with E-state index in [9.17, 15) is 9.18 Å². The number of aromatic nitrogens is 1. The third kappa shape index (κ3) is 2.91. The lowest BCUT2D eigenvalue weighted by molar-refractivity contribution is -0.130. The first-order valence-electron chi connectivity index (χ1n) is 5.97. The number of likely N-dealkylation sites (N-methyl/N-ethyl adjacent to an activating group) is 1. The van der Waals surface area contributed by atoms with Crippen LogP contribution in [0.1, 0.15) is 6.42 Å². The van der Waals surface area contributed by atoms with Crippen LogP contribution in [0.5, 0.6) is 0 Å². The summed E-state index contributed by atoms with van der Waals surface area (Å²) >= 11 is 0. The molecular weight excluding hydrogens is 245 g/mol. The molecule has 0 fully saturated rings. The Morgan fingerprint density at radius 2 is 2.26 bits per heavy atom. The highest BCUT2D eigenvalue weighted by Crippen LogP contribution is 2.17. The zero-order valence-corrected chi connectivity index (χ0v) is 10.6. The molecule has 0 bridgehead atoms. The number of nitrogens with zero attached hydrogens (tertiary/aromatic N) is 3. The Hall–Kier alpha value is -2.35. The van der Waals surface area contributed by atoms with E-state index >= 15 is 0 Å². The van der Waals surface area contributed by atoms with Crippen LogP contribution in [0, 0.1) is 17.1 Å². The van der Waals surface area contributed by atoms with Crippen molar-refractivity contribution in [2.24, 2.45) is 0 Å². The first kappa shape index (κ1) is 13.1. The molecule has 19 heavy (non-hydrogen) atoms. The fourth-order valence-electron chi connectivity index (χ4n) is 1.92. The minimum atomic E-state index is -0.289. The average molecular weight is 259 g/mol. The number of halogens is 1. The Labute approximate surface area is 110 Å². The summed E-state index contributed by atoms with van der Waals surface area (Å²) in [6, 6.07) is 8.26. The lowest BCUT2D eigenvalue weighted by Gasteiger charge is -2.16. The maximum Gasteiger partial charge on any atom is 0.242 e. The van der Waals surface area contributed by atoms with Crippen molar-refractivity contribution < 1.29 is 9.18 Å². The van der Waals surface area contributed by atoms with Crippen molar-refractivity contribution in [1.29, 1.82) is 5.26 Å². The second-order valence-electron chi connectivity index (χ2n) is 4.37. The Kier molecular flexibility index (Phi) is 3.81. The van der Waals surface area contributed by atoms with Gasteiger partial charge in [-0.3, -0.25) is 4.79 Å². The summed E-state index contributed by atoms with van der Waals surface area (Å²) in [4.78, 5) is 13.5. The van der Waals surface area contributed by atoms with Crippen molar-refractivity contribution in [3.63, 3.8) is 0 Å². The number of nitriles is 1. The van der Waals surface area contributed by atoms with E-state index in [1.807, 2.05) is 6.07 Å². The van der Waals surface area contributed by atoms with Crippen LogP contribution in [0.25, 0.3) is 10.9 Å². The van der Waals surface area contributed by atoms with Crippen LogP contribution in [0.3, 0.4) is 0 Å². The average Bonchev–Trinajstić information content (AvgIpc) is 2.78. The standard InChI is InChI=1S/C14H14FN3O/c1-17(7-2-6-16)14(19)10-18-8-5-11-9-12(15)3-4-13(11)18/h3-5,8-9H,2,7,10H2,1H3. The highest BCUT2D eigenvalue weighted by molar-refractivity contribution is 5.83. The molecule has 1 heterocycles. The predicted octanol–water partition coefficient (Wildman–Crippen LogP) is 2.15. The zero-order chi connectivity index (χ0) is 13.8. The van der Waals surface area contributed by atoms with Crippen LogP contribution in [0.15, 0.2) is 30.5 Å². The van der Waals surface area contributed by atoms with Gasteiger partial charge in [-0.15, -0.1) is 0 Å². The number of amides is 1. The van der Waals surface area contributed by atoms with E-state index in [4.69, 9.17) is 5.26 Å². The monoisotopic (exact) mass is 259 g/mol. The summed E-state index contributed by atoms with van der Waals surface area (Å²) in [5.74, 6) is -0.361. The van der Waals surface area contributed by atoms with Crippen LogP contribution in [-0.2, 0) is 11.3 Å². The number of fused-ring (bicyclic) bond motifs is 1. The molecule has 0 unspecified atom stereocenters. The van der Waals surface area contributed by atoms with Gasteiger partial charge in [-0.25, -0.2) is 4.39 Å². The summed E-state index contributed by atoms with van der Waals surface area (Å²) in [5, 5.41) is 9.26. The van der Waals surface area contributed by atoms with Crippen molar-refractivity contribution in [2.75, 3.05) is 13.6 Å². The summed E-state index contributed by atoms with van der Waals surface area (Å²) in [5.41, 5.74) is 0.823. The van der Waals surface area contributed by atoms with Gasteiger partial charge < -0.3 is 9.47 Å². The third-order valence-corrected chi connectivity index (χ3v) is 3.02. The number of hydrogen-bond donors (Lipinski definition) is 0. The van der Waals surface area contributed by atoms with Crippen molar-refractivity contribution >= 4 is 16.8 Å². The summed E-state index contributed by atoms with van der Waals surface area (Å²) in [6.07, 6.45) is 2.08. The maximum atomic E-state index is 13.1. The van der Waals surface area contributed by atoms with Gasteiger partial charge in [0.2, 0.25) is 5.91 Å². The van der Waals surface area contributed by atoms with E-state index in [1.54, 1.807) is 29.9 Å². The predicted molar refractivity (Wildman–Crippen MR) is 69.8 cm³/mol. The molecule has 0 aliphatic heterocycles. The first-order valence-corrected chi connectivity index (χ1v) is 5.97. The molecule has 2 rings (SSSR count). The molecule has 0 saturated heterocycles. The minimum absolute atomic E-state index is 0.0722. The summed E-state index contributed by atoms with van der Waals surface area (Å²) in [6.45, 7) is 0.611. The van der Waals surface area contributed by atoms with Crippen molar-refractivity contribution in [2.45, 2.75) is 13.0 Å². The van der Waals surface area contributed by atoms with E-state index < -0.39 is 0 Å². The highest BCUT2D eigenvalue weighted by atomic mass is 19.1. The fourth-order valence-corrected chi connectivity index (χ4v) is 1.92. The summed E-state index contributed by atoms with van der Waals surface area (Å²) < 4.78 is 14.8. The Bertz CT molecular complexity index is 642. The van der Waals surface area contributed by atoms with Gasteiger partial charge in [-0.05, 0) is 24.3 Å². The number of hydrogen-bond acceptors (Lipinski definition) is 2. The quantitative estimate of drug-likeness (QED) is 0.844. The fraction of sp³-hybridized carbons (Fsp3) is 0.286. The van der Waals surface area contributed by atoms with E-state index in [-0.39, 0.29) is 18.3 Å². The van der Waals surface area contributed by atoms with Gasteiger partial charge in [-0.1, -0.05) is 0 Å². The molecule has 1 amide bonds. The second kappa shape index (κ2) is 5.53. The van der Waals surface area contributed by atoms with Gasteiger partial charge >= 0.3 is 0 Å². The normalized spacial score (nSPS) is 10.4. The van der Waals surface area contributed by atoms with Crippen molar-refractivity contribution in [1.82, 2.24) is 9.47 Å². The number of benzene rings is 1. The molecule has 0 aliphatic carbocycles. The Morgan fingerprint density at radius 3 is 3.00 bits per heavy atom. The van der Waals surface area contributed by atoms with Crippen LogP contribution in [0.4, 0.5) is 4.39 Å². The Morgan fingerprint density at radius 1 is 1.47 bits per heavy atom. The second-order valence-corrected chi connectivity index (χ2v) is 4.37. The molecule has 0 radical (unpaired) electrons. The SMILES string of the molecule is CN(CCC#N)C(=O)Cn1ccc2cc(F)ccc21. The summed E-state index contributed by atoms with van der Waals surface area (Å²) in [7, 11) is 1.67. The number of carbonyl (C=O) groups excluding carboxylic acids is 1. The molecule has 1 aromatic carbocycles. The lowest BCUT2D eigenvalue weighted by Crippen LogP contribution is -2.30. The molecule has 0 saturated carbocycles. The van der Waals surface area contributed by atoms with Crippen molar-refractivity contribution in [3.05, 3.63) is 36.3 Å². The third-order valence-electron chi connectivity index (χ3n) is 3.02. The van der Waals surface area contributed by atoms with Crippen LogP contribution in [0.2, 0.25) is 0 Å². The number of rotatable bonds is 4. The number of carbonyl (C=O) groups is 1. The molecule has 5 heteroatoms. The van der Waals surface area contributed by atoms with Crippen LogP contribution >= 0.6 is 0 Å². The molecule has 2 aromatic rings. The zero-order valence-electron chi connectivity index (χ0n) is 10.6. The molecule has 1 aromatic heterocycles. The largest absolute Gasteiger partial charge is 0.343 e. The topological polar surface area (TPSA) is 49.0 Å². The van der Waals surface area contributed by atoms with Gasteiger partial charge in [0.1, 0.15) is 12.4 Å². The molecule has 0 spiro atoms. The van der Waals surface area contributed by atoms with Crippen LogP contribution < -0.4 is 0 Å². The smallest absolute Gasteiger partial charge is 0.242 e. The van der Waals surface area contributed by atoms with Gasteiger partial charge in [-0.2, -0.15) is 5.26 Å². The molecule has 0 atom stereocenters. The van der Waals surface area contributed by atoms with E-state index in [0.717, 1.165) is 10.9 Å². The molecule has 0 aliphatic rings. The van der Waals surface area contributed by atoms with E-state index in [0.29, 0.717) is 13.0 Å². The van der Waals surface area contributed by atoms with Crippen molar-refractivity contribution in [3.8, 4) is 6.07 Å². The van der Waals surface area contributed by atoms with E-state index in [1.165, 1.54) is 17.0 Å². The van der Waals surface area contributed by atoms with Gasteiger partial charge in [0.25, 0.3) is 0 Å². The maximum absolute atomic E-state index is 13.1. The van der Waals surface area contributed by atoms with E-state index in [2.05, 4.69) is 0 Å². The minimum Gasteiger partial charge on any atom is -0.343 e. The molecule has 98 valence electrons. The Balaban J connectivity index is 2.13. The van der Waals surface area contributed by atoms with Gasteiger partial charge in [0.05, 0.1) is 12.5 Å².